The normalized spacial score (nSPS) is 18.1. The van der Waals surface area contributed by atoms with Crippen LogP contribution in [0.2, 0.25) is 0 Å². The minimum atomic E-state index is 0.805. The second-order valence-corrected chi connectivity index (χ2v) is 4.05. The van der Waals surface area contributed by atoms with Crippen LogP contribution < -0.4 is 0 Å². The van der Waals surface area contributed by atoms with Crippen molar-refractivity contribution in [1.29, 1.82) is 0 Å². The summed E-state index contributed by atoms with van der Waals surface area (Å²) in [6.45, 7) is 9.02. The Morgan fingerprint density at radius 1 is 1.36 bits per heavy atom. The molecule has 0 saturated carbocycles. The lowest BCUT2D eigenvalue weighted by Crippen LogP contribution is -1.91. The molecule has 0 radical (unpaired) electrons. The van der Waals surface area contributed by atoms with Crippen molar-refractivity contribution in [2.45, 2.75) is 40.5 Å². The fourth-order valence-electron chi connectivity index (χ4n) is 1.72. The largest absolute Gasteiger partial charge is 0.0690 e. The van der Waals surface area contributed by atoms with Gasteiger partial charge in [-0.15, -0.1) is 0 Å². The lowest BCUT2D eigenvalue weighted by molar-refractivity contribution is 0.633. The van der Waals surface area contributed by atoms with Crippen molar-refractivity contribution < 1.29 is 0 Å². The predicted octanol–water partition coefficient (Wildman–Crippen LogP) is 3.70. The minimum Gasteiger partial charge on any atom is -0.0690 e. The van der Waals surface area contributed by atoms with Crippen molar-refractivity contribution in [2.24, 2.45) is 5.92 Å². The zero-order valence-electron chi connectivity index (χ0n) is 8.07. The van der Waals surface area contributed by atoms with Gasteiger partial charge in [-0.1, -0.05) is 36.6 Å². The van der Waals surface area contributed by atoms with Gasteiger partial charge < -0.3 is 0 Å². The van der Waals surface area contributed by atoms with Crippen LogP contribution in [0.25, 0.3) is 0 Å². The topological polar surface area (TPSA) is 0 Å². The van der Waals surface area contributed by atoms with Crippen LogP contribution in [0.4, 0.5) is 0 Å². The van der Waals surface area contributed by atoms with Crippen LogP contribution in [0.3, 0.4) is 0 Å². The summed E-state index contributed by atoms with van der Waals surface area (Å²) in [5.74, 6) is 0.805. The molecule has 1 aliphatic rings. The quantitative estimate of drug-likeness (QED) is 0.563. The summed E-state index contributed by atoms with van der Waals surface area (Å²) in [7, 11) is 0. The van der Waals surface area contributed by atoms with Gasteiger partial charge in [0.05, 0.1) is 0 Å². The van der Waals surface area contributed by atoms with Gasteiger partial charge in [0.25, 0.3) is 0 Å². The number of hydrogen-bond acceptors (Lipinski definition) is 0. The maximum absolute atomic E-state index is 2.32. The summed E-state index contributed by atoms with van der Waals surface area (Å²) in [5.41, 5.74) is 4.69. The molecular weight excluding hydrogens is 132 g/mol. The predicted molar refractivity (Wildman–Crippen MR) is 50.5 cm³/mol. The third-order valence-electron chi connectivity index (χ3n) is 2.17. The van der Waals surface area contributed by atoms with E-state index < -0.39 is 0 Å². The third-order valence-corrected chi connectivity index (χ3v) is 2.17. The Kier molecular flexibility index (Phi) is 2.53. The molecule has 1 aliphatic carbocycles. The van der Waals surface area contributed by atoms with E-state index in [-0.39, 0.29) is 0 Å². The Bertz CT molecular complexity index is 204. The molecule has 0 aromatic carbocycles. The summed E-state index contributed by atoms with van der Waals surface area (Å²) >= 11 is 0. The van der Waals surface area contributed by atoms with Gasteiger partial charge in [0.15, 0.2) is 0 Å². The van der Waals surface area contributed by atoms with Crippen LogP contribution in [-0.2, 0) is 0 Å². The standard InChI is InChI=1S/C11H18/c1-8(2)5-11-7-9(3)6-10(11)4/h6,8H,5,7H2,1-4H3. The summed E-state index contributed by atoms with van der Waals surface area (Å²) in [6.07, 6.45) is 4.82. The second-order valence-electron chi connectivity index (χ2n) is 4.05. The molecule has 62 valence electrons. The SMILES string of the molecule is CC1=CC(C)=C(CC(C)C)C1. The van der Waals surface area contributed by atoms with E-state index in [1.54, 1.807) is 5.57 Å². The monoisotopic (exact) mass is 150 g/mol. The Labute approximate surface area is 70.0 Å². The molecule has 1 rings (SSSR count). The van der Waals surface area contributed by atoms with Gasteiger partial charge in [0.2, 0.25) is 0 Å². The van der Waals surface area contributed by atoms with Gasteiger partial charge in [-0.05, 0) is 32.6 Å². The van der Waals surface area contributed by atoms with Crippen LogP contribution in [0, 0.1) is 5.92 Å². The molecule has 0 unspecified atom stereocenters. The highest BCUT2D eigenvalue weighted by Crippen LogP contribution is 2.29. The first kappa shape index (κ1) is 8.58. The number of hydrogen-bond donors (Lipinski definition) is 0. The van der Waals surface area contributed by atoms with Crippen LogP contribution in [0.15, 0.2) is 22.8 Å². The van der Waals surface area contributed by atoms with Crippen LogP contribution in [0.1, 0.15) is 40.5 Å². The second kappa shape index (κ2) is 3.25. The Morgan fingerprint density at radius 2 is 2.00 bits per heavy atom. The molecule has 0 aromatic rings. The molecule has 0 bridgehead atoms. The van der Waals surface area contributed by atoms with Crippen molar-refractivity contribution >= 4 is 0 Å². The highest BCUT2D eigenvalue weighted by molar-refractivity contribution is 5.36. The third kappa shape index (κ3) is 2.21. The molecule has 0 amide bonds. The Balaban J connectivity index is 2.57. The van der Waals surface area contributed by atoms with Gasteiger partial charge in [-0.25, -0.2) is 0 Å². The first-order chi connectivity index (χ1) is 5.09. The highest BCUT2D eigenvalue weighted by atomic mass is 14.2. The van der Waals surface area contributed by atoms with E-state index in [9.17, 15) is 0 Å². The van der Waals surface area contributed by atoms with E-state index in [1.807, 2.05) is 0 Å². The molecule has 0 spiro atoms. The molecular formula is C11H18. The smallest absolute Gasteiger partial charge is 0.0102 e. The van der Waals surface area contributed by atoms with Crippen molar-refractivity contribution in [1.82, 2.24) is 0 Å². The lowest BCUT2D eigenvalue weighted by Gasteiger charge is -2.07. The average Bonchev–Trinajstić information content (AvgIpc) is 2.09. The van der Waals surface area contributed by atoms with Crippen LogP contribution in [-0.4, -0.2) is 0 Å². The molecule has 0 saturated heterocycles. The van der Waals surface area contributed by atoms with E-state index in [1.165, 1.54) is 24.0 Å². The molecule has 0 fully saturated rings. The van der Waals surface area contributed by atoms with E-state index >= 15 is 0 Å². The fraction of sp³-hybridized carbons (Fsp3) is 0.636. The molecule has 0 heteroatoms. The lowest BCUT2D eigenvalue weighted by atomic mass is 9.99. The number of rotatable bonds is 2. The summed E-state index contributed by atoms with van der Waals surface area (Å²) in [4.78, 5) is 0. The zero-order chi connectivity index (χ0) is 8.43. The van der Waals surface area contributed by atoms with Gasteiger partial charge in [-0.3, -0.25) is 0 Å². The molecule has 0 atom stereocenters. The Morgan fingerprint density at radius 3 is 2.36 bits per heavy atom. The van der Waals surface area contributed by atoms with E-state index in [2.05, 4.69) is 33.8 Å². The molecule has 11 heavy (non-hydrogen) atoms. The van der Waals surface area contributed by atoms with Gasteiger partial charge in [-0.2, -0.15) is 0 Å². The van der Waals surface area contributed by atoms with Gasteiger partial charge >= 0.3 is 0 Å². The number of allylic oxidation sites excluding steroid dienone is 4. The molecule has 0 N–H and O–H groups in total. The van der Waals surface area contributed by atoms with Crippen molar-refractivity contribution in [2.75, 3.05) is 0 Å². The first-order valence-corrected chi connectivity index (χ1v) is 4.45. The molecule has 0 aromatic heterocycles. The van der Waals surface area contributed by atoms with Crippen LogP contribution >= 0.6 is 0 Å². The van der Waals surface area contributed by atoms with Crippen molar-refractivity contribution in [3.05, 3.63) is 22.8 Å². The first-order valence-electron chi connectivity index (χ1n) is 4.45. The summed E-state index contributed by atoms with van der Waals surface area (Å²) < 4.78 is 0. The zero-order valence-corrected chi connectivity index (χ0v) is 8.07. The summed E-state index contributed by atoms with van der Waals surface area (Å²) in [6, 6.07) is 0. The van der Waals surface area contributed by atoms with E-state index in [0.717, 1.165) is 5.92 Å². The maximum Gasteiger partial charge on any atom is -0.0102 e. The van der Waals surface area contributed by atoms with E-state index in [4.69, 9.17) is 0 Å². The molecule has 0 aliphatic heterocycles. The van der Waals surface area contributed by atoms with Crippen LogP contribution in [0.5, 0.6) is 0 Å². The molecule has 0 heterocycles. The Hall–Kier alpha value is -0.520. The molecule has 0 nitrogen and oxygen atoms in total. The van der Waals surface area contributed by atoms with Crippen molar-refractivity contribution in [3.63, 3.8) is 0 Å². The van der Waals surface area contributed by atoms with E-state index in [0.29, 0.717) is 0 Å². The highest BCUT2D eigenvalue weighted by Gasteiger charge is 2.10. The van der Waals surface area contributed by atoms with Gasteiger partial charge in [0.1, 0.15) is 0 Å². The minimum absolute atomic E-state index is 0.805. The fourth-order valence-corrected chi connectivity index (χ4v) is 1.72. The maximum atomic E-state index is 2.32. The average molecular weight is 150 g/mol. The van der Waals surface area contributed by atoms with Crippen molar-refractivity contribution in [3.8, 4) is 0 Å². The summed E-state index contributed by atoms with van der Waals surface area (Å²) in [5, 5.41) is 0. The van der Waals surface area contributed by atoms with Gasteiger partial charge in [0, 0.05) is 0 Å².